The number of nitriles is 1. The molecule has 2 nitrogen and oxygen atoms in total. The van der Waals surface area contributed by atoms with E-state index >= 15 is 0 Å². The number of rotatable bonds is 1. The second kappa shape index (κ2) is 3.88. The minimum atomic E-state index is 0. The van der Waals surface area contributed by atoms with Crippen LogP contribution in [0.1, 0.15) is 17.0 Å². The van der Waals surface area contributed by atoms with Crippen molar-refractivity contribution in [3.05, 3.63) is 16.1 Å². The molecule has 0 atom stereocenters. The maximum atomic E-state index is 8.50. The van der Waals surface area contributed by atoms with Crippen molar-refractivity contribution in [2.75, 3.05) is 0 Å². The Morgan fingerprint density at radius 1 is 1.58 bits per heavy atom. The Kier molecular flexibility index (Phi) is 3.07. The van der Waals surface area contributed by atoms with Crippen molar-refractivity contribution < 1.29 is 17.0 Å². The van der Waals surface area contributed by atoms with E-state index in [1.807, 2.05) is 0 Å². The molecule has 0 fully saturated rings. The Hall–Kier alpha value is -0.590. The standard InChI is InChI=1S/C8H9N2S.ClH/c9-4-5-10-6-11-8-3-1-2-7(8)10;/h6H,1-3,5H2;1H/q+1;/p-1. The van der Waals surface area contributed by atoms with Crippen LogP contribution in [-0.4, -0.2) is 0 Å². The van der Waals surface area contributed by atoms with Gasteiger partial charge in [0.05, 0.1) is 4.88 Å². The van der Waals surface area contributed by atoms with Gasteiger partial charge >= 0.3 is 0 Å². The zero-order chi connectivity index (χ0) is 7.68. The van der Waals surface area contributed by atoms with E-state index in [0.29, 0.717) is 6.54 Å². The van der Waals surface area contributed by atoms with Crippen molar-refractivity contribution >= 4 is 11.3 Å². The normalized spacial score (nSPS) is 13.2. The van der Waals surface area contributed by atoms with Gasteiger partial charge in [0.2, 0.25) is 12.1 Å². The Bertz CT molecular complexity index is 313. The lowest BCUT2D eigenvalue weighted by Crippen LogP contribution is -3.00. The topological polar surface area (TPSA) is 27.7 Å². The van der Waals surface area contributed by atoms with Gasteiger partial charge in [-0.25, -0.2) is 0 Å². The minimum absolute atomic E-state index is 0. The molecule has 0 unspecified atom stereocenters. The van der Waals surface area contributed by atoms with Gasteiger partial charge in [0.25, 0.3) is 0 Å². The van der Waals surface area contributed by atoms with Crippen molar-refractivity contribution in [1.29, 1.82) is 5.26 Å². The van der Waals surface area contributed by atoms with E-state index in [-0.39, 0.29) is 12.4 Å². The fourth-order valence-electron chi connectivity index (χ4n) is 1.53. The number of aryl methyl sites for hydroxylation is 1. The molecule has 0 spiro atoms. The van der Waals surface area contributed by atoms with Gasteiger partial charge in [-0.3, -0.25) is 0 Å². The number of aromatic nitrogens is 1. The first-order valence-electron chi connectivity index (χ1n) is 3.77. The zero-order valence-corrected chi connectivity index (χ0v) is 8.16. The van der Waals surface area contributed by atoms with E-state index in [9.17, 15) is 0 Å². The Morgan fingerprint density at radius 2 is 2.42 bits per heavy atom. The monoisotopic (exact) mass is 200 g/mol. The summed E-state index contributed by atoms with van der Waals surface area (Å²) in [6.07, 6.45) is 3.66. The number of thiazole rings is 1. The molecule has 0 aromatic carbocycles. The van der Waals surface area contributed by atoms with Gasteiger partial charge in [-0.1, -0.05) is 11.3 Å². The summed E-state index contributed by atoms with van der Waals surface area (Å²) in [7, 11) is 0. The Labute approximate surface area is 81.9 Å². The fraction of sp³-hybridized carbons (Fsp3) is 0.500. The van der Waals surface area contributed by atoms with Crippen LogP contribution >= 0.6 is 11.3 Å². The van der Waals surface area contributed by atoms with Gasteiger partial charge in [-0.05, 0) is 12.8 Å². The van der Waals surface area contributed by atoms with Crippen LogP contribution in [-0.2, 0) is 19.4 Å². The third-order valence-electron chi connectivity index (χ3n) is 2.05. The summed E-state index contributed by atoms with van der Waals surface area (Å²) in [4.78, 5) is 1.49. The maximum absolute atomic E-state index is 8.50. The van der Waals surface area contributed by atoms with Crippen molar-refractivity contribution in [3.63, 3.8) is 0 Å². The van der Waals surface area contributed by atoms with Crippen LogP contribution in [0, 0.1) is 11.3 Å². The lowest BCUT2D eigenvalue weighted by atomic mass is 10.3. The molecule has 64 valence electrons. The molecule has 0 radical (unpaired) electrons. The van der Waals surface area contributed by atoms with E-state index in [2.05, 4.69) is 16.1 Å². The number of hydrogen-bond acceptors (Lipinski definition) is 2. The van der Waals surface area contributed by atoms with E-state index in [4.69, 9.17) is 5.26 Å². The molecule has 1 aromatic heterocycles. The van der Waals surface area contributed by atoms with Crippen LogP contribution < -0.4 is 17.0 Å². The number of fused-ring (bicyclic) bond motifs is 1. The highest BCUT2D eigenvalue weighted by Crippen LogP contribution is 2.22. The van der Waals surface area contributed by atoms with Gasteiger partial charge in [-0.2, -0.15) is 9.83 Å². The average Bonchev–Trinajstić information content (AvgIpc) is 2.53. The molecule has 1 heterocycles. The number of nitrogens with zero attached hydrogens (tertiary/aromatic N) is 2. The van der Waals surface area contributed by atoms with Crippen molar-refractivity contribution in [3.8, 4) is 6.07 Å². The predicted octanol–water partition coefficient (Wildman–Crippen LogP) is -1.95. The van der Waals surface area contributed by atoms with Gasteiger partial charge in [0, 0.05) is 6.42 Å². The Morgan fingerprint density at radius 3 is 3.17 bits per heavy atom. The summed E-state index contributed by atoms with van der Waals surface area (Å²) in [6.45, 7) is 0.520. The molecule has 0 bridgehead atoms. The molecule has 0 saturated carbocycles. The lowest BCUT2D eigenvalue weighted by Gasteiger charge is -1.85. The zero-order valence-electron chi connectivity index (χ0n) is 6.59. The number of halogens is 1. The summed E-state index contributed by atoms with van der Waals surface area (Å²) in [5.41, 5.74) is 3.46. The summed E-state index contributed by atoms with van der Waals surface area (Å²) in [6, 6.07) is 2.17. The smallest absolute Gasteiger partial charge is 0.235 e. The Balaban J connectivity index is 0.000000720. The van der Waals surface area contributed by atoms with Crippen LogP contribution in [0.25, 0.3) is 0 Å². The first kappa shape index (κ1) is 9.50. The molecular weight excluding hydrogens is 192 g/mol. The largest absolute Gasteiger partial charge is 1.00 e. The average molecular weight is 201 g/mol. The molecule has 0 N–H and O–H groups in total. The molecule has 2 rings (SSSR count). The molecule has 1 aromatic rings. The van der Waals surface area contributed by atoms with Crippen molar-refractivity contribution in [1.82, 2.24) is 0 Å². The summed E-state index contributed by atoms with van der Waals surface area (Å²) < 4.78 is 2.08. The van der Waals surface area contributed by atoms with Crippen LogP contribution in [0.2, 0.25) is 0 Å². The highest BCUT2D eigenvalue weighted by atomic mass is 35.5. The molecule has 4 heteroatoms. The van der Waals surface area contributed by atoms with Crippen LogP contribution in [0.15, 0.2) is 5.51 Å². The fourth-order valence-corrected chi connectivity index (χ4v) is 2.60. The van der Waals surface area contributed by atoms with Gasteiger partial charge in [-0.15, -0.1) is 0 Å². The second-order valence-electron chi connectivity index (χ2n) is 2.73. The lowest BCUT2D eigenvalue weighted by molar-refractivity contribution is -0.687. The summed E-state index contributed by atoms with van der Waals surface area (Å²) >= 11 is 1.79. The molecule has 0 amide bonds. The molecule has 0 saturated heterocycles. The van der Waals surface area contributed by atoms with Crippen LogP contribution in [0.4, 0.5) is 0 Å². The highest BCUT2D eigenvalue weighted by Gasteiger charge is 2.23. The molecular formula is C8H9ClN2S. The van der Waals surface area contributed by atoms with Crippen molar-refractivity contribution in [2.45, 2.75) is 25.8 Å². The van der Waals surface area contributed by atoms with E-state index in [0.717, 1.165) is 0 Å². The van der Waals surface area contributed by atoms with E-state index in [1.165, 1.54) is 29.8 Å². The quantitative estimate of drug-likeness (QED) is 0.485. The SMILES string of the molecule is N#CC[n+]1csc2c1CCC2.[Cl-]. The maximum Gasteiger partial charge on any atom is 0.235 e. The minimum Gasteiger partial charge on any atom is -1.00 e. The van der Waals surface area contributed by atoms with Crippen LogP contribution in [0.5, 0.6) is 0 Å². The van der Waals surface area contributed by atoms with Crippen LogP contribution in [0.3, 0.4) is 0 Å². The third kappa shape index (κ3) is 1.45. The van der Waals surface area contributed by atoms with E-state index < -0.39 is 0 Å². The number of hydrogen-bond donors (Lipinski definition) is 0. The van der Waals surface area contributed by atoms with Gasteiger partial charge < -0.3 is 12.4 Å². The summed E-state index contributed by atoms with van der Waals surface area (Å²) in [5.74, 6) is 0. The second-order valence-corrected chi connectivity index (χ2v) is 3.67. The van der Waals surface area contributed by atoms with Gasteiger partial charge in [0.1, 0.15) is 6.07 Å². The highest BCUT2D eigenvalue weighted by molar-refractivity contribution is 7.09. The predicted molar refractivity (Wildman–Crippen MR) is 42.2 cm³/mol. The third-order valence-corrected chi connectivity index (χ3v) is 3.13. The summed E-state index contributed by atoms with van der Waals surface area (Å²) in [5, 5.41) is 8.50. The molecule has 12 heavy (non-hydrogen) atoms. The molecule has 1 aliphatic carbocycles. The van der Waals surface area contributed by atoms with Gasteiger partial charge in [0.15, 0.2) is 5.69 Å². The van der Waals surface area contributed by atoms with Crippen molar-refractivity contribution in [2.24, 2.45) is 0 Å². The van der Waals surface area contributed by atoms with E-state index in [1.54, 1.807) is 11.3 Å². The molecule has 1 aliphatic rings. The first-order chi connectivity index (χ1) is 5.42. The molecule has 0 aliphatic heterocycles. The first-order valence-corrected chi connectivity index (χ1v) is 4.65.